The Kier molecular flexibility index (Phi) is 4.13. The van der Waals surface area contributed by atoms with Crippen molar-refractivity contribution in [1.82, 2.24) is 15.2 Å². The smallest absolute Gasteiger partial charge is 0.302 e. The van der Waals surface area contributed by atoms with Crippen LogP contribution < -0.4 is 10.6 Å². The van der Waals surface area contributed by atoms with Crippen LogP contribution in [0.3, 0.4) is 0 Å². The number of aliphatic imine (C=N–C) groups is 1. The van der Waals surface area contributed by atoms with Crippen molar-refractivity contribution in [1.29, 1.82) is 0 Å². The van der Waals surface area contributed by atoms with Crippen LogP contribution in [0.2, 0.25) is 0 Å². The van der Waals surface area contributed by atoms with Crippen molar-refractivity contribution in [2.24, 2.45) is 4.99 Å². The van der Waals surface area contributed by atoms with E-state index in [9.17, 15) is 9.18 Å². The summed E-state index contributed by atoms with van der Waals surface area (Å²) >= 11 is 0. The number of anilines is 1. The molecule has 7 nitrogen and oxygen atoms in total. The molecule has 0 spiro atoms. The Labute approximate surface area is 165 Å². The normalized spacial score (nSPS) is 19.7. The topological polar surface area (TPSA) is 82.8 Å². The third-order valence-corrected chi connectivity index (χ3v) is 4.95. The summed E-state index contributed by atoms with van der Waals surface area (Å²) in [6, 6.07) is 13.3. The highest BCUT2D eigenvalue weighted by atomic mass is 19.1. The van der Waals surface area contributed by atoms with Crippen molar-refractivity contribution < 1.29 is 13.6 Å². The molecule has 2 aliphatic heterocycles. The summed E-state index contributed by atoms with van der Waals surface area (Å²) in [5, 5.41) is 6.24. The van der Waals surface area contributed by atoms with E-state index in [2.05, 4.69) is 20.6 Å². The first-order valence-electron chi connectivity index (χ1n) is 9.24. The Bertz CT molecular complexity index is 1150. The number of hydrogen-bond donors (Lipinski definition) is 2. The van der Waals surface area contributed by atoms with Gasteiger partial charge in [-0.25, -0.2) is 9.38 Å². The summed E-state index contributed by atoms with van der Waals surface area (Å²) in [5.74, 6) is 0.0000554. The van der Waals surface area contributed by atoms with Gasteiger partial charge in [0.05, 0.1) is 6.54 Å². The van der Waals surface area contributed by atoms with E-state index in [0.29, 0.717) is 35.8 Å². The minimum absolute atomic E-state index is 0.0276. The number of guanidine groups is 1. The van der Waals surface area contributed by atoms with Gasteiger partial charge in [0.15, 0.2) is 11.4 Å². The summed E-state index contributed by atoms with van der Waals surface area (Å²) in [5.41, 5.74) is 3.30. The SMILES string of the molecule is CN1CC(=O)C2=C(C1)NC(Nc1nc3ccccc3o1)=NC2c1cccc(F)c1. The number of aromatic nitrogens is 1. The van der Waals surface area contributed by atoms with Crippen LogP contribution in [0.5, 0.6) is 0 Å². The van der Waals surface area contributed by atoms with Crippen LogP contribution in [0.4, 0.5) is 10.4 Å². The lowest BCUT2D eigenvalue weighted by molar-refractivity contribution is -0.117. The molecular formula is C21H18FN5O2. The second-order valence-corrected chi connectivity index (χ2v) is 7.16. The number of carbonyl (C=O) groups excluding carboxylic acids is 1. The molecule has 5 rings (SSSR count). The molecule has 3 aromatic rings. The number of fused-ring (bicyclic) bond motifs is 1. The van der Waals surface area contributed by atoms with Gasteiger partial charge in [0.1, 0.15) is 17.4 Å². The second kappa shape index (κ2) is 6.82. The van der Waals surface area contributed by atoms with Crippen LogP contribution in [-0.4, -0.2) is 41.8 Å². The molecule has 0 saturated heterocycles. The number of para-hydroxylation sites is 2. The highest BCUT2D eigenvalue weighted by Crippen LogP contribution is 2.33. The first-order valence-corrected chi connectivity index (χ1v) is 9.24. The monoisotopic (exact) mass is 391 g/mol. The van der Waals surface area contributed by atoms with Crippen LogP contribution in [0, 0.1) is 5.82 Å². The molecular weight excluding hydrogens is 373 g/mol. The number of carbonyl (C=O) groups is 1. The van der Waals surface area contributed by atoms with Gasteiger partial charge in [-0.2, -0.15) is 4.98 Å². The predicted molar refractivity (Wildman–Crippen MR) is 107 cm³/mol. The maximum absolute atomic E-state index is 13.9. The first kappa shape index (κ1) is 17.6. The van der Waals surface area contributed by atoms with E-state index in [0.717, 1.165) is 11.2 Å². The lowest BCUT2D eigenvalue weighted by Crippen LogP contribution is -2.46. The van der Waals surface area contributed by atoms with Gasteiger partial charge >= 0.3 is 6.01 Å². The predicted octanol–water partition coefficient (Wildman–Crippen LogP) is 2.85. The number of halogens is 1. The highest BCUT2D eigenvalue weighted by Gasteiger charge is 2.34. The Morgan fingerprint density at radius 1 is 1.21 bits per heavy atom. The fraction of sp³-hybridized carbons (Fsp3) is 0.190. The van der Waals surface area contributed by atoms with Crippen molar-refractivity contribution in [3.8, 4) is 0 Å². The molecule has 2 aliphatic rings. The maximum atomic E-state index is 13.9. The number of likely N-dealkylation sites (N-methyl/N-ethyl adjacent to an activating group) is 1. The van der Waals surface area contributed by atoms with Gasteiger partial charge < -0.3 is 9.73 Å². The molecule has 2 N–H and O–H groups in total. The number of benzene rings is 2. The molecule has 8 heteroatoms. The van der Waals surface area contributed by atoms with E-state index >= 15 is 0 Å². The van der Waals surface area contributed by atoms with Gasteiger partial charge in [-0.05, 0) is 36.9 Å². The molecule has 146 valence electrons. The van der Waals surface area contributed by atoms with Gasteiger partial charge in [0.25, 0.3) is 0 Å². The summed E-state index contributed by atoms with van der Waals surface area (Å²) in [6.07, 6.45) is 0. The number of oxazole rings is 1. The Balaban J connectivity index is 1.54. The molecule has 29 heavy (non-hydrogen) atoms. The first-order chi connectivity index (χ1) is 14.1. The minimum atomic E-state index is -0.602. The van der Waals surface area contributed by atoms with Crippen LogP contribution in [-0.2, 0) is 4.79 Å². The van der Waals surface area contributed by atoms with Crippen molar-refractivity contribution in [3.05, 3.63) is 71.2 Å². The van der Waals surface area contributed by atoms with Crippen molar-refractivity contribution in [2.75, 3.05) is 25.5 Å². The van der Waals surface area contributed by atoms with Crippen LogP contribution >= 0.6 is 0 Å². The average molecular weight is 391 g/mol. The zero-order valence-corrected chi connectivity index (χ0v) is 15.6. The molecule has 1 aromatic heterocycles. The van der Waals surface area contributed by atoms with E-state index in [1.165, 1.54) is 12.1 Å². The van der Waals surface area contributed by atoms with E-state index < -0.39 is 6.04 Å². The lowest BCUT2D eigenvalue weighted by Gasteiger charge is -2.33. The summed E-state index contributed by atoms with van der Waals surface area (Å²) < 4.78 is 19.6. The largest absolute Gasteiger partial charge is 0.423 e. The molecule has 0 saturated carbocycles. The zero-order valence-electron chi connectivity index (χ0n) is 15.6. The summed E-state index contributed by atoms with van der Waals surface area (Å²) in [6.45, 7) is 0.858. The minimum Gasteiger partial charge on any atom is -0.423 e. The van der Waals surface area contributed by atoms with E-state index in [1.54, 1.807) is 12.1 Å². The van der Waals surface area contributed by atoms with Crippen LogP contribution in [0.15, 0.2) is 69.2 Å². The van der Waals surface area contributed by atoms with Crippen molar-refractivity contribution in [2.45, 2.75) is 6.04 Å². The number of Topliss-reactive ketones (excluding diaryl/α,β-unsaturated/α-hetero) is 1. The molecule has 1 atom stereocenters. The third-order valence-electron chi connectivity index (χ3n) is 4.95. The van der Waals surface area contributed by atoms with Gasteiger partial charge in [-0.15, -0.1) is 0 Å². The number of nitrogens with one attached hydrogen (secondary N) is 2. The third kappa shape index (κ3) is 3.27. The van der Waals surface area contributed by atoms with E-state index in [1.807, 2.05) is 36.2 Å². The van der Waals surface area contributed by atoms with E-state index in [-0.39, 0.29) is 17.6 Å². The Morgan fingerprint density at radius 3 is 2.90 bits per heavy atom. The van der Waals surface area contributed by atoms with Crippen LogP contribution in [0.1, 0.15) is 11.6 Å². The molecule has 0 aliphatic carbocycles. The number of ketones is 1. The molecule has 0 radical (unpaired) electrons. The fourth-order valence-corrected chi connectivity index (χ4v) is 3.71. The number of hydrogen-bond acceptors (Lipinski definition) is 7. The molecule has 0 fully saturated rings. The second-order valence-electron chi connectivity index (χ2n) is 7.16. The van der Waals surface area contributed by atoms with Crippen molar-refractivity contribution >= 4 is 28.9 Å². The van der Waals surface area contributed by atoms with Crippen molar-refractivity contribution in [3.63, 3.8) is 0 Å². The van der Waals surface area contributed by atoms with Gasteiger partial charge in [0, 0.05) is 17.8 Å². The zero-order chi connectivity index (χ0) is 20.0. The Hall–Kier alpha value is -3.52. The Morgan fingerprint density at radius 2 is 2.07 bits per heavy atom. The highest BCUT2D eigenvalue weighted by molar-refractivity contribution is 6.04. The standard InChI is InChI=1S/C21H18FN5O2/c1-27-10-15-18(16(28)11-27)19(12-5-4-6-13(22)9-12)25-20(23-15)26-21-24-14-7-2-3-8-17(14)29-21/h2-9,19H,10-11H2,1H3,(H2,23,24,25,26). The molecule has 2 aromatic carbocycles. The lowest BCUT2D eigenvalue weighted by atomic mass is 9.90. The van der Waals surface area contributed by atoms with Gasteiger partial charge in [-0.3, -0.25) is 15.0 Å². The maximum Gasteiger partial charge on any atom is 0.302 e. The molecule has 0 amide bonds. The molecule has 0 bridgehead atoms. The average Bonchev–Trinajstić information content (AvgIpc) is 3.09. The summed E-state index contributed by atoms with van der Waals surface area (Å²) in [4.78, 5) is 23.7. The van der Waals surface area contributed by atoms with Gasteiger partial charge in [0.2, 0.25) is 5.96 Å². The number of rotatable bonds is 2. The quantitative estimate of drug-likeness (QED) is 0.699. The molecule has 3 heterocycles. The summed E-state index contributed by atoms with van der Waals surface area (Å²) in [7, 11) is 1.88. The van der Waals surface area contributed by atoms with Crippen LogP contribution in [0.25, 0.3) is 11.1 Å². The molecule has 1 unspecified atom stereocenters. The van der Waals surface area contributed by atoms with Gasteiger partial charge in [-0.1, -0.05) is 24.3 Å². The fourth-order valence-electron chi connectivity index (χ4n) is 3.71. The van der Waals surface area contributed by atoms with E-state index in [4.69, 9.17) is 4.42 Å². The number of nitrogens with zero attached hydrogens (tertiary/aromatic N) is 3.